The number of carbonyl (C=O) groups is 1. The van der Waals surface area contributed by atoms with Crippen molar-refractivity contribution in [3.8, 4) is 0 Å². The standard InChI is InChI=1S/C33H52O9/c1-16(15-40-31-30(39)29(38)28(37)25(14-34)42-31)5-8-23-17(2)27-24(41-23)12-22-20-7-6-18-11-19(35)9-10-32(18,3)21(20)13-26(36)33(22,27)4/h16,18-22,24-25,27-31,34-35,37-39H,5-15H2,1-4H3/t16-,18+,19+,20-,21+,22+,24+,25-,27+,28-,29+,30-,31-,32+,33-/m1/s1. The number of allylic oxidation sites excluding steroid dienone is 1. The van der Waals surface area contributed by atoms with Crippen molar-refractivity contribution >= 4 is 5.78 Å². The lowest BCUT2D eigenvalue weighted by Crippen LogP contribution is -2.59. The summed E-state index contributed by atoms with van der Waals surface area (Å²) in [6.07, 6.45) is 1.73. The van der Waals surface area contributed by atoms with E-state index < -0.39 is 37.3 Å². The first kappa shape index (κ1) is 30.9. The normalized spacial score (nSPS) is 50.9. The van der Waals surface area contributed by atoms with E-state index in [2.05, 4.69) is 20.8 Å². The van der Waals surface area contributed by atoms with Crippen LogP contribution in [0.2, 0.25) is 0 Å². The molecule has 0 spiro atoms. The van der Waals surface area contributed by atoms with Crippen LogP contribution >= 0.6 is 0 Å². The molecule has 0 aromatic rings. The molecular formula is C33H52O9. The number of hydrogen-bond acceptors (Lipinski definition) is 9. The van der Waals surface area contributed by atoms with E-state index in [1.807, 2.05) is 6.92 Å². The lowest BCUT2D eigenvalue weighted by molar-refractivity contribution is -0.303. The van der Waals surface area contributed by atoms with Crippen molar-refractivity contribution in [3.05, 3.63) is 11.3 Å². The summed E-state index contributed by atoms with van der Waals surface area (Å²) in [6.45, 7) is 8.63. The predicted molar refractivity (Wildman–Crippen MR) is 153 cm³/mol. The third kappa shape index (κ3) is 4.81. The van der Waals surface area contributed by atoms with Gasteiger partial charge in [-0.2, -0.15) is 0 Å². The Bertz CT molecular complexity index is 1060. The van der Waals surface area contributed by atoms with Crippen molar-refractivity contribution in [2.24, 2.45) is 46.3 Å². The molecule has 9 heteroatoms. The molecule has 0 aromatic heterocycles. The SMILES string of the molecule is CC1=C(CC[C@@H](C)CO[C@@H]2O[C@H](CO)[C@@H](O)[C@H](O)[C@H]2O)O[C@H]2C[C@H]3[C@@H]4CC[C@H]5C[C@@H](O)CC[C@]5(C)[C@H]4CC(=O)[C@]3(C)[C@@H]12. The molecule has 0 unspecified atom stereocenters. The molecule has 15 atom stereocenters. The Morgan fingerprint density at radius 1 is 1.02 bits per heavy atom. The van der Waals surface area contributed by atoms with Crippen LogP contribution in [0.4, 0.5) is 0 Å². The first-order valence-electron chi connectivity index (χ1n) is 16.4. The molecule has 5 fully saturated rings. The van der Waals surface area contributed by atoms with Crippen molar-refractivity contribution in [1.29, 1.82) is 0 Å². The van der Waals surface area contributed by atoms with Crippen LogP contribution in [0.25, 0.3) is 0 Å². The molecule has 0 bridgehead atoms. The summed E-state index contributed by atoms with van der Waals surface area (Å²) in [5.41, 5.74) is 0.994. The second-order valence-corrected chi connectivity index (χ2v) is 15.1. The third-order valence-electron chi connectivity index (χ3n) is 13.0. The van der Waals surface area contributed by atoms with Gasteiger partial charge in [0, 0.05) is 24.2 Å². The van der Waals surface area contributed by atoms with Gasteiger partial charge in [-0.15, -0.1) is 0 Å². The van der Waals surface area contributed by atoms with Gasteiger partial charge in [0.15, 0.2) is 6.29 Å². The van der Waals surface area contributed by atoms with Gasteiger partial charge in [-0.3, -0.25) is 4.79 Å². The fraction of sp³-hybridized carbons (Fsp3) is 0.909. The molecule has 238 valence electrons. The Morgan fingerprint density at radius 3 is 2.52 bits per heavy atom. The van der Waals surface area contributed by atoms with Crippen LogP contribution in [0, 0.1) is 46.3 Å². The van der Waals surface area contributed by atoms with Crippen LogP contribution in [-0.4, -0.2) is 87.4 Å². The van der Waals surface area contributed by atoms with Crippen molar-refractivity contribution in [3.63, 3.8) is 0 Å². The molecule has 0 aromatic carbocycles. The van der Waals surface area contributed by atoms with Crippen molar-refractivity contribution in [2.45, 2.75) is 128 Å². The molecule has 4 aliphatic carbocycles. The van der Waals surface area contributed by atoms with Gasteiger partial charge in [-0.25, -0.2) is 0 Å². The van der Waals surface area contributed by atoms with E-state index in [-0.39, 0.29) is 41.5 Å². The first-order valence-corrected chi connectivity index (χ1v) is 16.4. The minimum atomic E-state index is -1.45. The lowest BCUT2D eigenvalue weighted by Gasteiger charge is -2.60. The molecule has 4 saturated carbocycles. The zero-order valence-electron chi connectivity index (χ0n) is 25.7. The number of carbonyl (C=O) groups excluding carboxylic acids is 1. The molecule has 42 heavy (non-hydrogen) atoms. The Balaban J connectivity index is 1.08. The number of rotatable bonds is 7. The zero-order chi connectivity index (χ0) is 30.1. The highest BCUT2D eigenvalue weighted by molar-refractivity contribution is 5.87. The van der Waals surface area contributed by atoms with Gasteiger partial charge in [0.1, 0.15) is 36.3 Å². The fourth-order valence-corrected chi connectivity index (χ4v) is 10.4. The summed E-state index contributed by atoms with van der Waals surface area (Å²) >= 11 is 0. The molecule has 2 aliphatic heterocycles. The van der Waals surface area contributed by atoms with Gasteiger partial charge in [0.2, 0.25) is 0 Å². The maximum absolute atomic E-state index is 14.1. The highest BCUT2D eigenvalue weighted by Gasteiger charge is 2.67. The Hall–Kier alpha value is -1.07. The molecule has 0 amide bonds. The fourth-order valence-electron chi connectivity index (χ4n) is 10.4. The third-order valence-corrected chi connectivity index (χ3v) is 13.0. The molecule has 1 saturated heterocycles. The number of ether oxygens (including phenoxy) is 3. The van der Waals surface area contributed by atoms with Gasteiger partial charge in [0.25, 0.3) is 0 Å². The zero-order valence-corrected chi connectivity index (χ0v) is 25.7. The van der Waals surface area contributed by atoms with E-state index >= 15 is 0 Å². The van der Waals surface area contributed by atoms with Gasteiger partial charge < -0.3 is 39.7 Å². The van der Waals surface area contributed by atoms with Gasteiger partial charge in [0.05, 0.1) is 25.1 Å². The minimum absolute atomic E-state index is 0.0529. The lowest BCUT2D eigenvalue weighted by atomic mass is 9.44. The number of hydrogen-bond donors (Lipinski definition) is 5. The molecule has 5 N–H and O–H groups in total. The second-order valence-electron chi connectivity index (χ2n) is 15.1. The predicted octanol–water partition coefficient (Wildman–Crippen LogP) is 2.70. The first-order chi connectivity index (χ1) is 19.9. The summed E-state index contributed by atoms with van der Waals surface area (Å²) < 4.78 is 17.9. The van der Waals surface area contributed by atoms with E-state index in [4.69, 9.17) is 14.2 Å². The smallest absolute Gasteiger partial charge is 0.186 e. The summed E-state index contributed by atoms with van der Waals surface area (Å²) in [4.78, 5) is 14.1. The summed E-state index contributed by atoms with van der Waals surface area (Å²) in [7, 11) is 0. The van der Waals surface area contributed by atoms with Crippen LogP contribution in [0.1, 0.15) is 85.5 Å². The Labute approximate surface area is 249 Å². The van der Waals surface area contributed by atoms with E-state index in [1.54, 1.807) is 0 Å². The molecular weight excluding hydrogens is 540 g/mol. The van der Waals surface area contributed by atoms with Gasteiger partial charge in [-0.1, -0.05) is 20.8 Å². The number of ketones is 1. The molecule has 0 radical (unpaired) electrons. The van der Waals surface area contributed by atoms with E-state index in [9.17, 15) is 30.3 Å². The summed E-state index contributed by atoms with van der Waals surface area (Å²) in [5, 5.41) is 50.0. The van der Waals surface area contributed by atoms with E-state index in [0.29, 0.717) is 35.9 Å². The summed E-state index contributed by atoms with van der Waals surface area (Å²) in [6, 6.07) is 0. The highest BCUT2D eigenvalue weighted by atomic mass is 16.7. The maximum atomic E-state index is 14.1. The molecule has 6 rings (SSSR count). The molecule has 2 heterocycles. The van der Waals surface area contributed by atoms with Crippen molar-refractivity contribution in [1.82, 2.24) is 0 Å². The van der Waals surface area contributed by atoms with Crippen LogP contribution in [0.3, 0.4) is 0 Å². The highest BCUT2D eigenvalue weighted by Crippen LogP contribution is 2.68. The van der Waals surface area contributed by atoms with Crippen LogP contribution in [0.15, 0.2) is 11.3 Å². The van der Waals surface area contributed by atoms with E-state index in [0.717, 1.165) is 57.1 Å². The van der Waals surface area contributed by atoms with Crippen LogP contribution in [0.5, 0.6) is 0 Å². The van der Waals surface area contributed by atoms with Crippen molar-refractivity contribution in [2.75, 3.05) is 13.2 Å². The monoisotopic (exact) mass is 592 g/mol. The minimum Gasteiger partial charge on any atom is -0.494 e. The average Bonchev–Trinajstić information content (AvgIpc) is 3.45. The maximum Gasteiger partial charge on any atom is 0.186 e. The number of fused-ring (bicyclic) bond motifs is 7. The second kappa shape index (κ2) is 11.4. The largest absolute Gasteiger partial charge is 0.494 e. The van der Waals surface area contributed by atoms with Crippen LogP contribution in [-0.2, 0) is 19.0 Å². The molecule has 6 aliphatic rings. The number of aliphatic hydroxyl groups excluding tert-OH is 5. The topological polar surface area (TPSA) is 146 Å². The summed E-state index contributed by atoms with van der Waals surface area (Å²) in [5.74, 6) is 3.49. The Morgan fingerprint density at radius 2 is 1.79 bits per heavy atom. The number of Topliss-reactive ketones (excluding diaryl/α,β-unsaturated/α-hetero) is 1. The Kier molecular flexibility index (Phi) is 8.38. The number of aliphatic hydroxyl groups is 5. The van der Waals surface area contributed by atoms with E-state index in [1.165, 1.54) is 5.57 Å². The quantitative estimate of drug-likeness (QED) is 0.301. The average molecular weight is 593 g/mol. The van der Waals surface area contributed by atoms with Gasteiger partial charge >= 0.3 is 0 Å². The van der Waals surface area contributed by atoms with Crippen molar-refractivity contribution < 1.29 is 44.5 Å². The van der Waals surface area contributed by atoms with Crippen LogP contribution < -0.4 is 0 Å². The molecule has 9 nitrogen and oxygen atoms in total. The van der Waals surface area contributed by atoms with Gasteiger partial charge in [-0.05, 0) is 92.4 Å².